The van der Waals surface area contributed by atoms with Gasteiger partial charge in [0.15, 0.2) is 0 Å². The lowest BCUT2D eigenvalue weighted by molar-refractivity contribution is -0.684. The topological polar surface area (TPSA) is 166 Å². The molecule has 1 aromatic rings. The number of nitrogens with zero attached hydrogens (tertiary/aromatic N) is 1. The quantitative estimate of drug-likeness (QED) is 0.237. The minimum absolute atomic E-state index is 0.114. The maximum atomic E-state index is 12.0. The normalized spacial score (nSPS) is 11.6. The number of nitrogens with two attached hydrogens (primary N) is 1. The van der Waals surface area contributed by atoms with Crippen molar-refractivity contribution in [2.45, 2.75) is 18.9 Å². The van der Waals surface area contributed by atoms with Crippen LogP contribution >= 0.6 is 0 Å². The minimum atomic E-state index is -1.33. The van der Waals surface area contributed by atoms with Gasteiger partial charge in [0.1, 0.15) is 11.8 Å². The molecule has 10 nitrogen and oxygen atoms in total. The van der Waals surface area contributed by atoms with E-state index in [-0.39, 0.29) is 23.5 Å². The van der Waals surface area contributed by atoms with E-state index < -0.39 is 22.8 Å². The number of non-ortho nitro benzene ring substituents is 1. The molecule has 0 spiro atoms. The predicted molar refractivity (Wildman–Crippen MR) is 80.9 cm³/mol. The van der Waals surface area contributed by atoms with Crippen molar-refractivity contribution in [2.75, 3.05) is 25.5 Å². The van der Waals surface area contributed by atoms with Gasteiger partial charge in [-0.15, -0.1) is 0 Å². The van der Waals surface area contributed by atoms with Gasteiger partial charge in [0.2, 0.25) is 5.91 Å². The molecule has 0 aliphatic heterocycles. The Balaban J connectivity index is 2.75. The highest BCUT2D eigenvalue weighted by molar-refractivity contribution is 5.94. The number of carbonyl (C=O) groups excluding carboxylic acids is 2. The van der Waals surface area contributed by atoms with E-state index in [9.17, 15) is 24.8 Å². The molecule has 0 aliphatic rings. The highest BCUT2D eigenvalue weighted by Crippen LogP contribution is 2.29. The summed E-state index contributed by atoms with van der Waals surface area (Å²) in [5.74, 6) is -1.77. The molecule has 0 aromatic heterocycles. The van der Waals surface area contributed by atoms with Gasteiger partial charge in [-0.2, -0.15) is 0 Å². The third kappa shape index (κ3) is 5.82. The van der Waals surface area contributed by atoms with E-state index in [0.29, 0.717) is 13.1 Å². The van der Waals surface area contributed by atoms with Crippen LogP contribution in [0.25, 0.3) is 0 Å². The van der Waals surface area contributed by atoms with Crippen molar-refractivity contribution in [1.82, 2.24) is 0 Å². The van der Waals surface area contributed by atoms with E-state index in [0.717, 1.165) is 6.42 Å². The molecule has 24 heavy (non-hydrogen) atoms. The fraction of sp³-hybridized carbons (Fsp3) is 0.429. The van der Waals surface area contributed by atoms with Crippen LogP contribution in [0, 0.1) is 10.1 Å². The average Bonchev–Trinajstić information content (AvgIpc) is 2.54. The van der Waals surface area contributed by atoms with Gasteiger partial charge in [0.25, 0.3) is 5.69 Å². The van der Waals surface area contributed by atoms with E-state index in [2.05, 4.69) is 11.1 Å². The number of amides is 1. The van der Waals surface area contributed by atoms with Crippen LogP contribution in [-0.2, 0) is 9.59 Å². The van der Waals surface area contributed by atoms with Crippen molar-refractivity contribution in [3.63, 3.8) is 0 Å². The van der Waals surface area contributed by atoms with Gasteiger partial charge in [-0.25, -0.2) is 0 Å². The van der Waals surface area contributed by atoms with Gasteiger partial charge >= 0.3 is 0 Å². The Bertz CT molecular complexity index is 607. The molecular weight excluding hydrogens is 320 g/mol. The summed E-state index contributed by atoms with van der Waals surface area (Å²) >= 11 is 0. The fourth-order valence-corrected chi connectivity index (χ4v) is 2.02. The van der Waals surface area contributed by atoms with E-state index >= 15 is 0 Å². The maximum Gasteiger partial charge on any atom is 0.273 e. The van der Waals surface area contributed by atoms with Gasteiger partial charge in [0, 0.05) is 12.5 Å². The average molecular weight is 341 g/mol. The van der Waals surface area contributed by atoms with Gasteiger partial charge < -0.3 is 31.0 Å². The summed E-state index contributed by atoms with van der Waals surface area (Å²) in [6.07, 6.45) is 0.432. The van der Waals surface area contributed by atoms with Crippen LogP contribution in [0.4, 0.5) is 11.4 Å². The van der Waals surface area contributed by atoms with Crippen molar-refractivity contribution in [3.05, 3.63) is 28.3 Å². The Labute approximate surface area is 138 Å². The van der Waals surface area contributed by atoms with Crippen LogP contribution < -0.4 is 26.2 Å². The van der Waals surface area contributed by atoms with Gasteiger partial charge in [-0.3, -0.25) is 14.9 Å². The first kappa shape index (κ1) is 19.3. The van der Waals surface area contributed by atoms with E-state index in [1.54, 1.807) is 0 Å². The second kappa shape index (κ2) is 9.43. The Morgan fingerprint density at radius 2 is 2.17 bits per heavy atom. The highest BCUT2D eigenvalue weighted by atomic mass is 16.6. The lowest BCUT2D eigenvalue weighted by Gasteiger charge is -2.16. The standard InChI is InChI=1S/C14H20N4O6/c1-24-12-7-9(18(22)23)3-4-10(12)17-13(19)8-11(14(20)21)16-6-2-5-15/h3-4,7,11,16H,2,5-6,8,15H2,1H3,(H,17,19)(H,20,21)/p+1/t11-/m1/s1. The summed E-state index contributed by atoms with van der Waals surface area (Å²) in [6, 6.07) is 2.71. The summed E-state index contributed by atoms with van der Waals surface area (Å²) in [6.45, 7) is 1.19. The zero-order valence-electron chi connectivity index (χ0n) is 13.3. The molecule has 0 unspecified atom stereocenters. The van der Waals surface area contributed by atoms with Crippen molar-refractivity contribution in [3.8, 4) is 5.75 Å². The summed E-state index contributed by atoms with van der Waals surface area (Å²) in [4.78, 5) is 33.3. The Hall–Kier alpha value is -2.72. The minimum Gasteiger partial charge on any atom is -0.544 e. The number of nitro groups is 1. The number of quaternary nitrogens is 2. The van der Waals surface area contributed by atoms with Crippen LogP contribution in [0.5, 0.6) is 5.75 Å². The molecule has 0 saturated heterocycles. The summed E-state index contributed by atoms with van der Waals surface area (Å²) in [5.41, 5.74) is 3.70. The SMILES string of the molecule is COc1cc([N+](=O)[O-])ccc1NC(=O)C[C@@H]([NH2+]CCC[NH3+])C(=O)[O-]. The molecule has 1 atom stereocenters. The first-order valence-corrected chi connectivity index (χ1v) is 7.34. The van der Waals surface area contributed by atoms with Crippen LogP contribution in [0.15, 0.2) is 18.2 Å². The van der Waals surface area contributed by atoms with Crippen molar-refractivity contribution >= 4 is 23.3 Å². The zero-order chi connectivity index (χ0) is 18.1. The largest absolute Gasteiger partial charge is 0.544 e. The van der Waals surface area contributed by atoms with Crippen LogP contribution in [0.1, 0.15) is 12.8 Å². The number of ether oxygens (including phenoxy) is 1. The predicted octanol–water partition coefficient (Wildman–Crippen LogP) is -2.75. The summed E-state index contributed by atoms with van der Waals surface area (Å²) in [5, 5.41) is 25.8. The third-order valence-corrected chi connectivity index (χ3v) is 3.28. The third-order valence-electron chi connectivity index (χ3n) is 3.28. The number of carboxylic acids is 1. The number of rotatable bonds is 10. The number of hydrogen-bond donors (Lipinski definition) is 3. The molecule has 1 aromatic carbocycles. The van der Waals surface area contributed by atoms with Crippen LogP contribution in [0.3, 0.4) is 0 Å². The molecule has 1 rings (SSSR count). The van der Waals surface area contributed by atoms with E-state index in [1.807, 2.05) is 0 Å². The second-order valence-corrected chi connectivity index (χ2v) is 5.05. The number of aliphatic carboxylic acids is 1. The number of carbonyl (C=O) groups is 2. The number of methoxy groups -OCH3 is 1. The Morgan fingerprint density at radius 3 is 2.71 bits per heavy atom. The lowest BCUT2D eigenvalue weighted by Crippen LogP contribution is -2.93. The molecule has 0 heterocycles. The number of anilines is 1. The van der Waals surface area contributed by atoms with Gasteiger partial charge in [0.05, 0.1) is 49.3 Å². The van der Waals surface area contributed by atoms with Crippen molar-refractivity contribution in [2.24, 2.45) is 0 Å². The van der Waals surface area contributed by atoms with E-state index in [4.69, 9.17) is 4.74 Å². The van der Waals surface area contributed by atoms with Crippen molar-refractivity contribution in [1.29, 1.82) is 0 Å². The smallest absolute Gasteiger partial charge is 0.273 e. The van der Waals surface area contributed by atoms with Crippen LogP contribution in [0.2, 0.25) is 0 Å². The summed E-state index contributed by atoms with van der Waals surface area (Å²) in [7, 11) is 1.31. The maximum absolute atomic E-state index is 12.0. The first-order chi connectivity index (χ1) is 11.4. The molecule has 0 radical (unpaired) electrons. The van der Waals surface area contributed by atoms with E-state index in [1.165, 1.54) is 30.6 Å². The molecule has 0 fully saturated rings. The zero-order valence-corrected chi connectivity index (χ0v) is 13.3. The molecule has 1 amide bonds. The van der Waals surface area contributed by atoms with Crippen molar-refractivity contribution < 1.29 is 35.4 Å². The molecular formula is C14H21N4O6+. The monoisotopic (exact) mass is 341 g/mol. The Morgan fingerprint density at radius 1 is 1.46 bits per heavy atom. The van der Waals surface area contributed by atoms with Gasteiger partial charge in [-0.05, 0) is 6.07 Å². The second-order valence-electron chi connectivity index (χ2n) is 5.05. The van der Waals surface area contributed by atoms with Gasteiger partial charge in [-0.1, -0.05) is 0 Å². The number of nitro benzene ring substituents is 1. The molecule has 0 bridgehead atoms. The first-order valence-electron chi connectivity index (χ1n) is 7.34. The van der Waals surface area contributed by atoms with Crippen LogP contribution in [-0.4, -0.2) is 43.0 Å². The number of benzene rings is 1. The highest BCUT2D eigenvalue weighted by Gasteiger charge is 2.20. The fourth-order valence-electron chi connectivity index (χ4n) is 2.02. The lowest BCUT2D eigenvalue weighted by atomic mass is 10.2. The number of nitrogens with one attached hydrogen (secondary N) is 1. The number of carboxylic acid groups (broad SMARTS) is 1. The Kier molecular flexibility index (Phi) is 7.59. The summed E-state index contributed by atoms with van der Waals surface area (Å²) < 4.78 is 5.01. The molecule has 10 heteroatoms. The molecule has 6 N–H and O–H groups in total. The molecule has 0 saturated carbocycles. The molecule has 0 aliphatic carbocycles. The number of hydrogen-bond acceptors (Lipinski definition) is 6. The molecule has 132 valence electrons.